The molecule has 0 bridgehead atoms. The van der Waals surface area contributed by atoms with Crippen molar-refractivity contribution in [3.05, 3.63) is 47.6 Å². The maximum Gasteiger partial charge on any atom is 0.292 e. The summed E-state index contributed by atoms with van der Waals surface area (Å²) in [6, 6.07) is 7.71. The quantitative estimate of drug-likeness (QED) is 0.825. The van der Waals surface area contributed by atoms with Crippen LogP contribution >= 0.6 is 0 Å². The van der Waals surface area contributed by atoms with Crippen molar-refractivity contribution >= 4 is 5.91 Å². The summed E-state index contributed by atoms with van der Waals surface area (Å²) in [7, 11) is 0. The number of nitrogens with zero attached hydrogens (tertiary/aromatic N) is 2. The molecule has 1 aliphatic rings. The van der Waals surface area contributed by atoms with Gasteiger partial charge in [-0.1, -0.05) is 19.0 Å². The van der Waals surface area contributed by atoms with Gasteiger partial charge in [0, 0.05) is 25.1 Å². The van der Waals surface area contributed by atoms with Crippen LogP contribution in [0.1, 0.15) is 48.9 Å². The van der Waals surface area contributed by atoms with Gasteiger partial charge in [0.05, 0.1) is 12.3 Å². The summed E-state index contributed by atoms with van der Waals surface area (Å²) in [5.41, 5.74) is 0.788. The number of piperidine rings is 1. The van der Waals surface area contributed by atoms with Crippen LogP contribution in [0, 0.1) is 11.7 Å². The minimum Gasteiger partial charge on any atom is -0.493 e. The zero-order chi connectivity index (χ0) is 17.8. The van der Waals surface area contributed by atoms with Crippen LogP contribution in [0.3, 0.4) is 0 Å². The van der Waals surface area contributed by atoms with Crippen LogP contribution in [-0.4, -0.2) is 35.7 Å². The highest BCUT2D eigenvalue weighted by molar-refractivity contribution is 5.91. The van der Waals surface area contributed by atoms with E-state index >= 15 is 0 Å². The molecule has 0 radical (unpaired) electrons. The van der Waals surface area contributed by atoms with Gasteiger partial charge in [-0.25, -0.2) is 4.39 Å². The zero-order valence-corrected chi connectivity index (χ0v) is 14.6. The first-order valence-corrected chi connectivity index (χ1v) is 8.67. The number of aromatic nitrogens is 1. The minimum absolute atomic E-state index is 0.120. The first kappa shape index (κ1) is 17.5. The summed E-state index contributed by atoms with van der Waals surface area (Å²) < 4.78 is 23.9. The number of carbonyl (C=O) groups is 1. The van der Waals surface area contributed by atoms with E-state index in [0.29, 0.717) is 31.2 Å². The van der Waals surface area contributed by atoms with E-state index in [2.05, 4.69) is 5.16 Å². The predicted octanol–water partition coefficient (Wildman–Crippen LogP) is 3.87. The van der Waals surface area contributed by atoms with E-state index in [0.717, 1.165) is 18.5 Å². The van der Waals surface area contributed by atoms with Gasteiger partial charge < -0.3 is 14.2 Å². The number of carbonyl (C=O) groups excluding carboxylic acids is 1. The van der Waals surface area contributed by atoms with Gasteiger partial charge in [0.1, 0.15) is 11.6 Å². The summed E-state index contributed by atoms with van der Waals surface area (Å²) in [6.45, 7) is 5.86. The van der Waals surface area contributed by atoms with E-state index in [1.807, 2.05) is 13.8 Å². The Balaban J connectivity index is 1.56. The molecule has 1 aliphatic heterocycles. The van der Waals surface area contributed by atoms with Gasteiger partial charge in [-0.2, -0.15) is 0 Å². The third-order valence-electron chi connectivity index (χ3n) is 4.44. The maximum atomic E-state index is 12.9. The summed E-state index contributed by atoms with van der Waals surface area (Å²) in [4.78, 5) is 14.4. The van der Waals surface area contributed by atoms with Crippen LogP contribution in [0.15, 0.2) is 34.9 Å². The number of likely N-dealkylation sites (tertiary alicyclic amines) is 1. The van der Waals surface area contributed by atoms with E-state index in [9.17, 15) is 9.18 Å². The van der Waals surface area contributed by atoms with Crippen molar-refractivity contribution in [2.45, 2.75) is 32.6 Å². The number of halogens is 1. The molecule has 134 valence electrons. The van der Waals surface area contributed by atoms with Crippen LogP contribution in [0.25, 0.3) is 0 Å². The van der Waals surface area contributed by atoms with Gasteiger partial charge in [0.15, 0.2) is 0 Å². The number of benzene rings is 1. The number of ether oxygens (including phenoxy) is 1. The highest BCUT2D eigenvalue weighted by Crippen LogP contribution is 2.22. The predicted molar refractivity (Wildman–Crippen MR) is 91.1 cm³/mol. The molecule has 0 aliphatic carbocycles. The Morgan fingerprint density at radius 3 is 2.84 bits per heavy atom. The fourth-order valence-corrected chi connectivity index (χ4v) is 2.95. The van der Waals surface area contributed by atoms with Crippen molar-refractivity contribution in [3.8, 4) is 5.75 Å². The van der Waals surface area contributed by atoms with E-state index in [4.69, 9.17) is 9.26 Å². The lowest BCUT2D eigenvalue weighted by Gasteiger charge is -2.32. The van der Waals surface area contributed by atoms with Gasteiger partial charge in [-0.05, 0) is 43.0 Å². The molecule has 5 nitrogen and oxygen atoms in total. The number of amides is 1. The lowest BCUT2D eigenvalue weighted by molar-refractivity contribution is 0.0593. The highest BCUT2D eigenvalue weighted by Gasteiger charge is 2.27. The molecule has 1 atom stereocenters. The van der Waals surface area contributed by atoms with Crippen LogP contribution < -0.4 is 4.74 Å². The molecule has 0 unspecified atom stereocenters. The third kappa shape index (κ3) is 4.38. The van der Waals surface area contributed by atoms with E-state index in [1.165, 1.54) is 12.1 Å². The van der Waals surface area contributed by atoms with Gasteiger partial charge in [-0.15, -0.1) is 0 Å². The largest absolute Gasteiger partial charge is 0.493 e. The van der Waals surface area contributed by atoms with Gasteiger partial charge in [0.25, 0.3) is 5.91 Å². The Hall–Kier alpha value is -2.37. The van der Waals surface area contributed by atoms with Crippen LogP contribution in [-0.2, 0) is 0 Å². The molecule has 0 spiro atoms. The summed E-state index contributed by atoms with van der Waals surface area (Å²) in [5, 5.41) is 3.96. The molecule has 3 rings (SSSR count). The second-order valence-electron chi connectivity index (χ2n) is 6.80. The standard InChI is InChI=1S/C19H23FN2O3/c1-13(2)17-10-18(25-21-17)19(23)22-9-3-4-14(11-22)12-24-16-7-5-15(20)6-8-16/h5-8,10,13-14H,3-4,9,11-12H2,1-2H3/t14-/m1/s1. The summed E-state index contributed by atoms with van der Waals surface area (Å²) in [6.07, 6.45) is 1.92. The fraction of sp³-hybridized carbons (Fsp3) is 0.474. The van der Waals surface area contributed by atoms with Gasteiger partial charge in [-0.3, -0.25) is 4.79 Å². The monoisotopic (exact) mass is 346 g/mol. The highest BCUT2D eigenvalue weighted by atomic mass is 19.1. The molecule has 0 N–H and O–H groups in total. The lowest BCUT2D eigenvalue weighted by atomic mass is 9.98. The average Bonchev–Trinajstić information content (AvgIpc) is 3.11. The minimum atomic E-state index is -0.283. The SMILES string of the molecule is CC(C)c1cc(C(=O)N2CCC[C@@H](COc3ccc(F)cc3)C2)on1. The Labute approximate surface area is 146 Å². The fourth-order valence-electron chi connectivity index (χ4n) is 2.95. The Morgan fingerprint density at radius 1 is 1.40 bits per heavy atom. The van der Waals surface area contributed by atoms with Crippen molar-refractivity contribution < 1.29 is 18.4 Å². The Morgan fingerprint density at radius 2 is 2.16 bits per heavy atom. The smallest absolute Gasteiger partial charge is 0.292 e. The van der Waals surface area contributed by atoms with Crippen molar-refractivity contribution in [2.75, 3.05) is 19.7 Å². The van der Waals surface area contributed by atoms with Crippen molar-refractivity contribution in [3.63, 3.8) is 0 Å². The molecule has 2 aromatic rings. The first-order chi connectivity index (χ1) is 12.0. The molecule has 1 aromatic heterocycles. The number of hydrogen-bond donors (Lipinski definition) is 0. The molecule has 25 heavy (non-hydrogen) atoms. The second kappa shape index (κ2) is 7.68. The lowest BCUT2D eigenvalue weighted by Crippen LogP contribution is -2.41. The molecular formula is C19H23FN2O3. The van der Waals surface area contributed by atoms with Crippen LogP contribution in [0.2, 0.25) is 0 Å². The van der Waals surface area contributed by atoms with Crippen molar-refractivity contribution in [1.82, 2.24) is 10.1 Å². The van der Waals surface area contributed by atoms with E-state index in [-0.39, 0.29) is 23.6 Å². The van der Waals surface area contributed by atoms with Crippen LogP contribution in [0.4, 0.5) is 4.39 Å². The van der Waals surface area contributed by atoms with E-state index in [1.54, 1.807) is 23.1 Å². The van der Waals surface area contributed by atoms with Crippen molar-refractivity contribution in [2.24, 2.45) is 5.92 Å². The molecule has 6 heteroatoms. The molecule has 0 saturated carbocycles. The molecule has 1 aromatic carbocycles. The average molecular weight is 346 g/mol. The topological polar surface area (TPSA) is 55.6 Å². The van der Waals surface area contributed by atoms with Gasteiger partial charge in [0.2, 0.25) is 5.76 Å². The first-order valence-electron chi connectivity index (χ1n) is 8.67. The molecule has 1 fully saturated rings. The maximum absolute atomic E-state index is 12.9. The number of hydrogen-bond acceptors (Lipinski definition) is 4. The molecule has 2 heterocycles. The summed E-state index contributed by atoms with van der Waals surface area (Å²) in [5.74, 6) is 1.00. The second-order valence-corrected chi connectivity index (χ2v) is 6.80. The van der Waals surface area contributed by atoms with Crippen molar-refractivity contribution in [1.29, 1.82) is 0 Å². The van der Waals surface area contributed by atoms with Crippen LogP contribution in [0.5, 0.6) is 5.75 Å². The van der Waals surface area contributed by atoms with E-state index < -0.39 is 0 Å². The summed E-state index contributed by atoms with van der Waals surface area (Å²) >= 11 is 0. The zero-order valence-electron chi connectivity index (χ0n) is 14.6. The van der Waals surface area contributed by atoms with Gasteiger partial charge >= 0.3 is 0 Å². The number of rotatable bonds is 5. The third-order valence-corrected chi connectivity index (χ3v) is 4.44. The molecular weight excluding hydrogens is 323 g/mol. The molecule has 1 amide bonds. The molecule has 1 saturated heterocycles. The normalized spacial score (nSPS) is 17.8. The Kier molecular flexibility index (Phi) is 5.36. The Bertz CT molecular complexity index is 712.